The molecule has 6 heteroatoms. The van der Waals surface area contributed by atoms with Gasteiger partial charge in [-0.1, -0.05) is 17.7 Å². The third-order valence-corrected chi connectivity index (χ3v) is 3.37. The van der Waals surface area contributed by atoms with Gasteiger partial charge in [-0.05, 0) is 42.8 Å². The topological polar surface area (TPSA) is 67.4 Å². The lowest BCUT2D eigenvalue weighted by Gasteiger charge is -2.09. The first kappa shape index (κ1) is 16.8. The van der Waals surface area contributed by atoms with Crippen LogP contribution in [-0.2, 0) is 9.59 Å². The summed E-state index contributed by atoms with van der Waals surface area (Å²) in [5.74, 6) is -0.165. The van der Waals surface area contributed by atoms with E-state index >= 15 is 0 Å². The number of halogens is 1. The lowest BCUT2D eigenvalue weighted by atomic mass is 10.2. The van der Waals surface area contributed by atoms with E-state index in [1.165, 1.54) is 0 Å². The second kappa shape index (κ2) is 7.65. The molecule has 0 saturated heterocycles. The van der Waals surface area contributed by atoms with Gasteiger partial charge in [0.1, 0.15) is 12.2 Å². The van der Waals surface area contributed by atoms with Crippen molar-refractivity contribution in [2.24, 2.45) is 0 Å². The lowest BCUT2D eigenvalue weighted by Crippen LogP contribution is -2.21. The number of anilines is 2. The Morgan fingerprint density at radius 3 is 2.52 bits per heavy atom. The summed E-state index contributed by atoms with van der Waals surface area (Å²) in [4.78, 5) is 23.9. The highest BCUT2D eigenvalue weighted by atomic mass is 35.5. The largest absolute Gasteiger partial charge is 0.497 e. The molecule has 2 aromatic rings. The highest BCUT2D eigenvalue weighted by Crippen LogP contribution is 2.20. The molecule has 0 aliphatic heterocycles. The molecular weight excluding hydrogens is 316 g/mol. The Labute approximate surface area is 139 Å². The van der Waals surface area contributed by atoms with Crippen LogP contribution in [0.5, 0.6) is 5.75 Å². The number of carbonyl (C=O) groups excluding carboxylic acids is 2. The van der Waals surface area contributed by atoms with E-state index in [9.17, 15) is 9.59 Å². The third-order valence-electron chi connectivity index (χ3n) is 3.14. The summed E-state index contributed by atoms with van der Waals surface area (Å²) in [6.07, 6.45) is -0.278. The van der Waals surface area contributed by atoms with Crippen LogP contribution in [0.15, 0.2) is 42.5 Å². The molecule has 0 spiro atoms. The number of nitrogens with one attached hydrogen (secondary N) is 2. The van der Waals surface area contributed by atoms with E-state index in [0.29, 0.717) is 22.1 Å². The Kier molecular flexibility index (Phi) is 5.60. The number of rotatable bonds is 5. The predicted octanol–water partition coefficient (Wildman–Crippen LogP) is 3.62. The number of carbonyl (C=O) groups is 2. The lowest BCUT2D eigenvalue weighted by molar-refractivity contribution is -0.123. The molecule has 2 amide bonds. The van der Waals surface area contributed by atoms with Crippen molar-refractivity contribution in [1.82, 2.24) is 0 Å². The van der Waals surface area contributed by atoms with Gasteiger partial charge >= 0.3 is 0 Å². The van der Waals surface area contributed by atoms with E-state index in [-0.39, 0.29) is 6.42 Å². The van der Waals surface area contributed by atoms with Gasteiger partial charge < -0.3 is 15.4 Å². The molecule has 2 rings (SSSR count). The van der Waals surface area contributed by atoms with E-state index in [4.69, 9.17) is 16.3 Å². The number of ether oxygens (including phenoxy) is 1. The number of methoxy groups -OCH3 is 1. The molecule has 0 aromatic heterocycles. The molecule has 0 unspecified atom stereocenters. The SMILES string of the molecule is COc1cccc(NC(=O)CC(=O)Nc2ccc(Cl)cc2C)c1. The highest BCUT2D eigenvalue weighted by Gasteiger charge is 2.11. The van der Waals surface area contributed by atoms with Crippen LogP contribution in [-0.4, -0.2) is 18.9 Å². The Hall–Kier alpha value is -2.53. The second-order valence-corrected chi connectivity index (χ2v) is 5.40. The van der Waals surface area contributed by atoms with Crippen molar-refractivity contribution in [2.75, 3.05) is 17.7 Å². The van der Waals surface area contributed by atoms with E-state index in [0.717, 1.165) is 5.56 Å². The molecule has 0 bridgehead atoms. The monoisotopic (exact) mass is 332 g/mol. The summed E-state index contributed by atoms with van der Waals surface area (Å²) >= 11 is 5.87. The van der Waals surface area contributed by atoms with Gasteiger partial charge in [-0.25, -0.2) is 0 Å². The summed E-state index contributed by atoms with van der Waals surface area (Å²) in [7, 11) is 1.54. The maximum atomic E-state index is 11.9. The number of amides is 2. The Balaban J connectivity index is 1.93. The standard InChI is InChI=1S/C17H17ClN2O3/c1-11-8-12(18)6-7-15(11)20-17(22)10-16(21)19-13-4-3-5-14(9-13)23-2/h3-9H,10H2,1-2H3,(H,19,21)(H,20,22). The third kappa shape index (κ3) is 5.00. The number of aryl methyl sites for hydroxylation is 1. The first-order chi connectivity index (χ1) is 11.0. The fourth-order valence-electron chi connectivity index (χ4n) is 2.01. The van der Waals surface area contributed by atoms with Crippen molar-refractivity contribution in [2.45, 2.75) is 13.3 Å². The molecule has 0 atom stereocenters. The molecule has 0 heterocycles. The van der Waals surface area contributed by atoms with Crippen LogP contribution < -0.4 is 15.4 Å². The van der Waals surface area contributed by atoms with Gasteiger partial charge in [0.05, 0.1) is 7.11 Å². The van der Waals surface area contributed by atoms with Gasteiger partial charge in [0.15, 0.2) is 0 Å². The number of hydrogen-bond acceptors (Lipinski definition) is 3. The summed E-state index contributed by atoms with van der Waals surface area (Å²) in [6, 6.07) is 12.1. The van der Waals surface area contributed by atoms with Crippen molar-refractivity contribution < 1.29 is 14.3 Å². The Morgan fingerprint density at radius 2 is 1.83 bits per heavy atom. The average molecular weight is 333 g/mol. The van der Waals surface area contributed by atoms with Crippen molar-refractivity contribution >= 4 is 34.8 Å². The van der Waals surface area contributed by atoms with Crippen LogP contribution in [0, 0.1) is 6.92 Å². The van der Waals surface area contributed by atoms with Gasteiger partial charge in [-0.15, -0.1) is 0 Å². The fourth-order valence-corrected chi connectivity index (χ4v) is 2.24. The summed E-state index contributed by atoms with van der Waals surface area (Å²) in [6.45, 7) is 1.83. The van der Waals surface area contributed by atoms with Gasteiger partial charge in [0.2, 0.25) is 11.8 Å². The maximum absolute atomic E-state index is 11.9. The molecule has 120 valence electrons. The minimum absolute atomic E-state index is 0.278. The van der Waals surface area contributed by atoms with E-state index < -0.39 is 11.8 Å². The van der Waals surface area contributed by atoms with E-state index in [1.54, 1.807) is 49.6 Å². The average Bonchev–Trinajstić information content (AvgIpc) is 2.50. The maximum Gasteiger partial charge on any atom is 0.233 e. The Bertz CT molecular complexity index is 732. The van der Waals surface area contributed by atoms with Gasteiger partial charge in [0, 0.05) is 22.5 Å². The summed E-state index contributed by atoms with van der Waals surface area (Å²) in [5, 5.41) is 5.94. The second-order valence-electron chi connectivity index (χ2n) is 4.96. The summed E-state index contributed by atoms with van der Waals surface area (Å²) < 4.78 is 5.08. The van der Waals surface area contributed by atoms with Crippen LogP contribution >= 0.6 is 11.6 Å². The minimum atomic E-state index is -0.401. The van der Waals surface area contributed by atoms with Crippen molar-refractivity contribution in [3.8, 4) is 5.75 Å². The fraction of sp³-hybridized carbons (Fsp3) is 0.176. The van der Waals surface area contributed by atoms with Crippen LogP contribution in [0.4, 0.5) is 11.4 Å². The molecule has 5 nitrogen and oxygen atoms in total. The van der Waals surface area contributed by atoms with Crippen LogP contribution in [0.25, 0.3) is 0 Å². The van der Waals surface area contributed by atoms with Crippen LogP contribution in [0.2, 0.25) is 5.02 Å². The normalized spacial score (nSPS) is 10.0. The highest BCUT2D eigenvalue weighted by molar-refractivity contribution is 6.30. The molecule has 0 saturated carbocycles. The first-order valence-corrected chi connectivity index (χ1v) is 7.35. The van der Waals surface area contributed by atoms with Crippen molar-refractivity contribution in [3.63, 3.8) is 0 Å². The predicted molar refractivity (Wildman–Crippen MR) is 91.1 cm³/mol. The molecule has 0 aliphatic rings. The zero-order valence-corrected chi connectivity index (χ0v) is 13.6. The quantitative estimate of drug-likeness (QED) is 0.822. The molecule has 2 aromatic carbocycles. The van der Waals surface area contributed by atoms with Gasteiger partial charge in [-0.2, -0.15) is 0 Å². The minimum Gasteiger partial charge on any atom is -0.497 e. The van der Waals surface area contributed by atoms with Crippen molar-refractivity contribution in [1.29, 1.82) is 0 Å². The van der Waals surface area contributed by atoms with E-state index in [2.05, 4.69) is 10.6 Å². The number of benzene rings is 2. The van der Waals surface area contributed by atoms with Crippen LogP contribution in [0.3, 0.4) is 0 Å². The zero-order chi connectivity index (χ0) is 16.8. The van der Waals surface area contributed by atoms with Gasteiger partial charge in [0.25, 0.3) is 0 Å². The number of hydrogen-bond donors (Lipinski definition) is 2. The summed E-state index contributed by atoms with van der Waals surface area (Å²) in [5.41, 5.74) is 2.04. The first-order valence-electron chi connectivity index (χ1n) is 6.98. The van der Waals surface area contributed by atoms with Crippen molar-refractivity contribution in [3.05, 3.63) is 53.1 Å². The van der Waals surface area contributed by atoms with E-state index in [1.807, 2.05) is 6.92 Å². The molecular formula is C17H17ClN2O3. The molecule has 23 heavy (non-hydrogen) atoms. The molecule has 0 aliphatic carbocycles. The van der Waals surface area contributed by atoms with Crippen LogP contribution in [0.1, 0.15) is 12.0 Å². The zero-order valence-electron chi connectivity index (χ0n) is 12.9. The Morgan fingerprint density at radius 1 is 1.09 bits per heavy atom. The van der Waals surface area contributed by atoms with Gasteiger partial charge in [-0.3, -0.25) is 9.59 Å². The molecule has 0 radical (unpaired) electrons. The molecule has 2 N–H and O–H groups in total. The smallest absolute Gasteiger partial charge is 0.233 e. The molecule has 0 fully saturated rings.